The molecule has 1 fully saturated rings. The summed E-state index contributed by atoms with van der Waals surface area (Å²) in [5.74, 6) is 1.16. The molecule has 0 bridgehead atoms. The fourth-order valence-corrected chi connectivity index (χ4v) is 2.97. The third kappa shape index (κ3) is 4.11. The van der Waals surface area contributed by atoms with E-state index in [1.165, 1.54) is 5.56 Å². The van der Waals surface area contributed by atoms with E-state index in [4.69, 9.17) is 4.42 Å². The van der Waals surface area contributed by atoms with Crippen molar-refractivity contribution < 1.29 is 9.21 Å². The lowest BCUT2D eigenvalue weighted by Crippen LogP contribution is -2.34. The third-order valence-electron chi connectivity index (χ3n) is 4.28. The van der Waals surface area contributed by atoms with Gasteiger partial charge in [-0.15, -0.1) is 0 Å². The minimum atomic E-state index is -0.205. The molecule has 5 heteroatoms. The molecule has 0 saturated carbocycles. The van der Waals surface area contributed by atoms with Crippen LogP contribution in [0.1, 0.15) is 40.3 Å². The van der Waals surface area contributed by atoms with Crippen molar-refractivity contribution >= 4 is 11.6 Å². The molecule has 1 amide bonds. The fraction of sp³-hybridized carbons (Fsp3) is 0.368. The molecule has 2 heterocycles. The van der Waals surface area contributed by atoms with Crippen molar-refractivity contribution in [1.29, 1.82) is 0 Å². The van der Waals surface area contributed by atoms with E-state index in [9.17, 15) is 4.79 Å². The summed E-state index contributed by atoms with van der Waals surface area (Å²) in [6, 6.07) is 12.2. The summed E-state index contributed by atoms with van der Waals surface area (Å²) in [4.78, 5) is 14.6. The maximum Gasteiger partial charge on any atom is 0.274 e. The highest BCUT2D eigenvalue weighted by molar-refractivity contribution is 5.96. The van der Waals surface area contributed by atoms with E-state index in [1.54, 1.807) is 13.0 Å². The number of carbonyl (C=O) groups excluding carboxylic acids is 1. The Kier molecular flexibility index (Phi) is 5.11. The van der Waals surface area contributed by atoms with E-state index < -0.39 is 0 Å². The lowest BCUT2D eigenvalue weighted by Gasteiger charge is -2.27. The number of hydrazone groups is 1. The molecule has 0 radical (unpaired) electrons. The van der Waals surface area contributed by atoms with Gasteiger partial charge >= 0.3 is 0 Å². The summed E-state index contributed by atoms with van der Waals surface area (Å²) in [6.45, 7) is 6.52. The number of hydrogen-bond donors (Lipinski definition) is 1. The van der Waals surface area contributed by atoms with Crippen LogP contribution in [0, 0.1) is 13.8 Å². The number of hydrogen-bond acceptors (Lipinski definition) is 4. The first-order valence-corrected chi connectivity index (χ1v) is 8.31. The van der Waals surface area contributed by atoms with Gasteiger partial charge in [0.15, 0.2) is 0 Å². The number of nitrogens with one attached hydrogen (secondary N) is 1. The van der Waals surface area contributed by atoms with Gasteiger partial charge in [-0.2, -0.15) is 5.10 Å². The summed E-state index contributed by atoms with van der Waals surface area (Å²) in [5, 5.41) is 4.30. The number of likely N-dealkylation sites (tertiary alicyclic amines) is 1. The zero-order chi connectivity index (χ0) is 16.9. The Labute approximate surface area is 142 Å². The Balaban J connectivity index is 1.50. The van der Waals surface area contributed by atoms with Gasteiger partial charge in [-0.1, -0.05) is 30.3 Å². The van der Waals surface area contributed by atoms with Gasteiger partial charge < -0.3 is 4.42 Å². The largest absolute Gasteiger partial charge is 0.466 e. The SMILES string of the molecule is Cc1cc(C(=O)NN=C2CCN(Cc3ccccc3)CC2)c(C)o1. The van der Waals surface area contributed by atoms with Gasteiger partial charge in [0.05, 0.1) is 5.56 Å². The molecule has 126 valence electrons. The highest BCUT2D eigenvalue weighted by Gasteiger charge is 2.17. The van der Waals surface area contributed by atoms with Crippen molar-refractivity contribution in [3.05, 3.63) is 59.0 Å². The maximum absolute atomic E-state index is 12.1. The Hall–Kier alpha value is -2.40. The lowest BCUT2D eigenvalue weighted by atomic mass is 10.1. The summed E-state index contributed by atoms with van der Waals surface area (Å²) < 4.78 is 5.38. The Morgan fingerprint density at radius 3 is 2.54 bits per heavy atom. The van der Waals surface area contributed by atoms with Crippen LogP contribution < -0.4 is 5.43 Å². The molecule has 0 spiro atoms. The predicted molar refractivity (Wildman–Crippen MR) is 94.0 cm³/mol. The number of aryl methyl sites for hydroxylation is 2. The third-order valence-corrected chi connectivity index (χ3v) is 4.28. The number of nitrogens with zero attached hydrogens (tertiary/aromatic N) is 2. The molecule has 0 atom stereocenters. The number of carbonyl (C=O) groups is 1. The van der Waals surface area contributed by atoms with E-state index in [0.29, 0.717) is 11.3 Å². The van der Waals surface area contributed by atoms with Crippen LogP contribution in [0.5, 0.6) is 0 Å². The average Bonchev–Trinajstić information content (AvgIpc) is 2.93. The van der Waals surface area contributed by atoms with Crippen molar-refractivity contribution in [3.8, 4) is 0 Å². The van der Waals surface area contributed by atoms with Gasteiger partial charge in [-0.3, -0.25) is 9.69 Å². The van der Waals surface area contributed by atoms with E-state index in [1.807, 2.05) is 13.0 Å². The van der Waals surface area contributed by atoms with Gasteiger partial charge in [0.25, 0.3) is 5.91 Å². The summed E-state index contributed by atoms with van der Waals surface area (Å²) >= 11 is 0. The first-order chi connectivity index (χ1) is 11.6. The van der Waals surface area contributed by atoms with Crippen molar-refractivity contribution in [3.63, 3.8) is 0 Å². The van der Waals surface area contributed by atoms with Crippen LogP contribution in [-0.2, 0) is 6.54 Å². The molecule has 1 aliphatic rings. The zero-order valence-corrected chi connectivity index (χ0v) is 14.2. The smallest absolute Gasteiger partial charge is 0.274 e. The highest BCUT2D eigenvalue weighted by Crippen LogP contribution is 2.14. The van der Waals surface area contributed by atoms with Gasteiger partial charge in [-0.25, -0.2) is 5.43 Å². The molecule has 2 aromatic rings. The summed E-state index contributed by atoms with van der Waals surface area (Å²) in [6.07, 6.45) is 1.77. The highest BCUT2D eigenvalue weighted by atomic mass is 16.3. The zero-order valence-electron chi connectivity index (χ0n) is 14.2. The topological polar surface area (TPSA) is 57.8 Å². The van der Waals surface area contributed by atoms with Crippen molar-refractivity contribution in [1.82, 2.24) is 10.3 Å². The molecular weight excluding hydrogens is 302 g/mol. The second-order valence-corrected chi connectivity index (χ2v) is 6.21. The van der Waals surface area contributed by atoms with Gasteiger partial charge in [0.2, 0.25) is 0 Å². The molecule has 5 nitrogen and oxygen atoms in total. The van der Waals surface area contributed by atoms with E-state index in [0.717, 1.165) is 43.9 Å². The Morgan fingerprint density at radius 2 is 1.92 bits per heavy atom. The monoisotopic (exact) mass is 325 g/mol. The number of benzene rings is 1. The molecule has 24 heavy (non-hydrogen) atoms. The average molecular weight is 325 g/mol. The Bertz CT molecular complexity index is 724. The van der Waals surface area contributed by atoms with Crippen molar-refractivity contribution in [2.24, 2.45) is 5.10 Å². The molecule has 0 unspecified atom stereocenters. The van der Waals surface area contributed by atoms with Crippen LogP contribution >= 0.6 is 0 Å². The summed E-state index contributed by atoms with van der Waals surface area (Å²) in [5.41, 5.74) is 5.59. The fourth-order valence-electron chi connectivity index (χ4n) is 2.97. The minimum Gasteiger partial charge on any atom is -0.466 e. The van der Waals surface area contributed by atoms with Gasteiger partial charge in [0.1, 0.15) is 11.5 Å². The van der Waals surface area contributed by atoms with Crippen molar-refractivity contribution in [2.75, 3.05) is 13.1 Å². The minimum absolute atomic E-state index is 0.205. The maximum atomic E-state index is 12.1. The van der Waals surface area contributed by atoms with E-state index >= 15 is 0 Å². The molecule has 0 aliphatic carbocycles. The molecule has 1 aliphatic heterocycles. The first kappa shape index (κ1) is 16.5. The van der Waals surface area contributed by atoms with E-state index in [-0.39, 0.29) is 5.91 Å². The summed E-state index contributed by atoms with van der Waals surface area (Å²) in [7, 11) is 0. The van der Waals surface area contributed by atoms with E-state index in [2.05, 4.69) is 39.7 Å². The number of furan rings is 1. The first-order valence-electron chi connectivity index (χ1n) is 8.31. The lowest BCUT2D eigenvalue weighted by molar-refractivity contribution is 0.0953. The van der Waals surface area contributed by atoms with Crippen LogP contribution in [-0.4, -0.2) is 29.6 Å². The molecule has 3 rings (SSSR count). The number of rotatable bonds is 4. The molecule has 1 aromatic carbocycles. The van der Waals surface area contributed by atoms with Crippen LogP contribution in [0.15, 0.2) is 45.9 Å². The van der Waals surface area contributed by atoms with Crippen LogP contribution in [0.25, 0.3) is 0 Å². The van der Waals surface area contributed by atoms with Crippen LogP contribution in [0.4, 0.5) is 0 Å². The Morgan fingerprint density at radius 1 is 1.21 bits per heavy atom. The standard InChI is InChI=1S/C19H23N3O2/c1-14-12-18(15(2)24-14)19(23)21-20-17-8-10-22(11-9-17)13-16-6-4-3-5-7-16/h3-7,12H,8-11,13H2,1-2H3,(H,21,23). The second kappa shape index (κ2) is 7.45. The predicted octanol–water partition coefficient (Wildman–Crippen LogP) is 3.28. The molecular formula is C19H23N3O2. The quantitative estimate of drug-likeness (QED) is 0.878. The molecule has 1 saturated heterocycles. The van der Waals surface area contributed by atoms with Crippen molar-refractivity contribution in [2.45, 2.75) is 33.2 Å². The number of piperidine rings is 1. The number of amides is 1. The molecule has 1 N–H and O–H groups in total. The van der Waals surface area contributed by atoms with Crippen LogP contribution in [0.3, 0.4) is 0 Å². The van der Waals surface area contributed by atoms with Gasteiger partial charge in [-0.05, 0) is 25.5 Å². The normalized spacial score (nSPS) is 15.3. The van der Waals surface area contributed by atoms with Gasteiger partial charge in [0, 0.05) is 38.2 Å². The molecule has 1 aromatic heterocycles. The second-order valence-electron chi connectivity index (χ2n) is 6.21. The van der Waals surface area contributed by atoms with Crippen LogP contribution in [0.2, 0.25) is 0 Å².